The van der Waals surface area contributed by atoms with E-state index in [1.54, 1.807) is 18.2 Å². The molecule has 0 fully saturated rings. The molecule has 0 spiro atoms. The van der Waals surface area contributed by atoms with E-state index in [4.69, 9.17) is 23.6 Å². The highest BCUT2D eigenvalue weighted by atomic mass is 16.3. The molecule has 0 N–H and O–H groups in total. The third-order valence-electron chi connectivity index (χ3n) is 7.50. The highest BCUT2D eigenvalue weighted by molar-refractivity contribution is 6.25. The minimum absolute atomic E-state index is 0.120. The fourth-order valence-electron chi connectivity index (χ4n) is 5.52. The van der Waals surface area contributed by atoms with Crippen molar-refractivity contribution in [1.29, 1.82) is 0 Å². The lowest BCUT2D eigenvalue weighted by Gasteiger charge is -2.18. The maximum Gasteiger partial charge on any atom is 0.143 e. The molecule has 0 aliphatic rings. The van der Waals surface area contributed by atoms with Crippen LogP contribution in [0.2, 0.25) is 0 Å². The summed E-state index contributed by atoms with van der Waals surface area (Å²) in [5.41, 5.74) is -5.83. The summed E-state index contributed by atoms with van der Waals surface area (Å²) >= 11 is 0. The molecule has 9 aromatic rings. The van der Waals surface area contributed by atoms with Crippen LogP contribution in [0.4, 0.5) is 0 Å². The van der Waals surface area contributed by atoms with Crippen LogP contribution in [0.3, 0.4) is 0 Å². The van der Waals surface area contributed by atoms with Gasteiger partial charge in [0, 0.05) is 22.1 Å². The lowest BCUT2D eigenvalue weighted by Crippen LogP contribution is -1.91. The van der Waals surface area contributed by atoms with Crippen molar-refractivity contribution in [3.05, 3.63) is 181 Å². The topological polar surface area (TPSA) is 13.1 Å². The standard InChI is InChI=1S/C46H30O/c1-4-14-31(15-5-1)33-24-26-35(27-25-33)46-45(41-30-36(28-29-42(41)47-46)32-16-6-2-7-17-32)44-39-22-12-10-20-37(39)43(34-18-8-3-9-19-34)38-21-11-13-23-40(38)44/h1-30H/i1D,2D,4D,5D,6D,7D,10D,11D,12D,13D,14D,15D,16D,17D,20D,21D,22D,23D,24D,25D,26D,27D,28D,29D,30D. The Morgan fingerprint density at radius 2 is 0.809 bits per heavy atom. The Bertz CT molecular complexity index is 3810. The molecule has 0 amide bonds. The summed E-state index contributed by atoms with van der Waals surface area (Å²) in [5, 5.41) is -2.43. The number of furan rings is 1. The van der Waals surface area contributed by atoms with Gasteiger partial charge in [-0.3, -0.25) is 0 Å². The molecule has 0 unspecified atom stereocenters. The Morgan fingerprint density at radius 3 is 1.40 bits per heavy atom. The van der Waals surface area contributed by atoms with Gasteiger partial charge in [0.1, 0.15) is 11.3 Å². The van der Waals surface area contributed by atoms with Crippen molar-refractivity contribution in [3.63, 3.8) is 0 Å². The maximum atomic E-state index is 9.89. The smallest absolute Gasteiger partial charge is 0.143 e. The molecule has 0 radical (unpaired) electrons. The van der Waals surface area contributed by atoms with E-state index in [-0.39, 0.29) is 21.9 Å². The minimum Gasteiger partial charge on any atom is -0.455 e. The van der Waals surface area contributed by atoms with Crippen LogP contribution in [0.15, 0.2) is 186 Å². The molecular weight excluding hydrogens is 569 g/mol. The average Bonchev–Trinajstić information content (AvgIpc) is 3.76. The molecule has 8 aromatic carbocycles. The van der Waals surface area contributed by atoms with Crippen LogP contribution in [0.1, 0.15) is 34.3 Å². The molecule has 47 heavy (non-hydrogen) atoms. The van der Waals surface area contributed by atoms with Gasteiger partial charge in [0.05, 0.1) is 34.3 Å². The molecule has 1 heteroatoms. The van der Waals surface area contributed by atoms with Crippen molar-refractivity contribution < 1.29 is 38.7 Å². The summed E-state index contributed by atoms with van der Waals surface area (Å²) in [6, 6.07) is -14.5. The normalized spacial score (nSPS) is 18.9. The maximum absolute atomic E-state index is 9.89. The first-order chi connectivity index (χ1) is 33.7. The summed E-state index contributed by atoms with van der Waals surface area (Å²) < 4.78 is 230. The third kappa shape index (κ3) is 4.64. The number of hydrogen-bond donors (Lipinski definition) is 0. The molecular formula is C46H30O. The first-order valence-electron chi connectivity index (χ1n) is 26.6. The van der Waals surface area contributed by atoms with Crippen LogP contribution in [0.5, 0.6) is 0 Å². The molecule has 0 saturated carbocycles. The number of rotatable bonds is 5. The molecule has 0 bridgehead atoms. The monoisotopic (exact) mass is 623 g/mol. The Balaban J connectivity index is 1.64. The second-order valence-electron chi connectivity index (χ2n) is 10.1. The van der Waals surface area contributed by atoms with E-state index in [0.717, 1.165) is 0 Å². The number of hydrogen-bond acceptors (Lipinski definition) is 1. The van der Waals surface area contributed by atoms with Crippen molar-refractivity contribution in [3.8, 4) is 55.8 Å². The van der Waals surface area contributed by atoms with E-state index in [2.05, 4.69) is 0 Å². The van der Waals surface area contributed by atoms with Crippen molar-refractivity contribution in [2.75, 3.05) is 0 Å². The van der Waals surface area contributed by atoms with Crippen molar-refractivity contribution in [2.24, 2.45) is 0 Å². The largest absolute Gasteiger partial charge is 0.455 e. The average molecular weight is 624 g/mol. The van der Waals surface area contributed by atoms with Crippen molar-refractivity contribution >= 4 is 32.5 Å². The second kappa shape index (κ2) is 11.3. The van der Waals surface area contributed by atoms with E-state index in [0.29, 0.717) is 0 Å². The zero-order chi connectivity index (χ0) is 52.9. The van der Waals surface area contributed by atoms with Gasteiger partial charge >= 0.3 is 0 Å². The molecule has 0 atom stereocenters. The lowest BCUT2D eigenvalue weighted by atomic mass is 9.84. The Hall–Kier alpha value is -6.18. The first-order valence-corrected chi connectivity index (χ1v) is 14.1. The van der Waals surface area contributed by atoms with Crippen LogP contribution >= 0.6 is 0 Å². The van der Waals surface area contributed by atoms with Gasteiger partial charge in [0.25, 0.3) is 0 Å². The fourth-order valence-corrected chi connectivity index (χ4v) is 5.52. The van der Waals surface area contributed by atoms with Gasteiger partial charge < -0.3 is 4.42 Å². The van der Waals surface area contributed by atoms with Crippen molar-refractivity contribution in [2.45, 2.75) is 0 Å². The quantitative estimate of drug-likeness (QED) is 0.174. The highest BCUT2D eigenvalue weighted by Gasteiger charge is 2.24. The summed E-state index contributed by atoms with van der Waals surface area (Å²) in [4.78, 5) is 0. The summed E-state index contributed by atoms with van der Waals surface area (Å²) in [5.74, 6) is -0.857. The molecule has 1 aromatic heterocycles. The number of benzene rings is 8. The summed E-state index contributed by atoms with van der Waals surface area (Å²) in [6.07, 6.45) is 0. The van der Waals surface area contributed by atoms with Gasteiger partial charge in [-0.2, -0.15) is 0 Å². The van der Waals surface area contributed by atoms with E-state index in [1.807, 2.05) is 0 Å². The van der Waals surface area contributed by atoms with Crippen LogP contribution in [0.25, 0.3) is 88.3 Å². The minimum atomic E-state index is -1.05. The van der Waals surface area contributed by atoms with E-state index >= 15 is 0 Å². The Labute approximate surface area is 309 Å². The molecule has 0 aliphatic carbocycles. The van der Waals surface area contributed by atoms with Gasteiger partial charge in [0.15, 0.2) is 0 Å². The SMILES string of the molecule is [2H]c1c([2H])c([2H])c(-c2c([2H])c([2H])c(-c3oc4c([2H])c([2H])c(-c5c([2H])c([2H])c([2H])c([2H])c5[2H])c([2H])c4c3-c3c4c([2H])c([2H])c([2H])c([2H])c4c(-c4ccccc4)c4c([2H])c([2H])c([2H])c([2H])c34)c([2H])c2[2H])c([2H])c1[2H]. The second-order valence-corrected chi connectivity index (χ2v) is 10.1. The molecule has 9 rings (SSSR count). The summed E-state index contributed by atoms with van der Waals surface area (Å²) in [6.45, 7) is 0. The molecule has 1 nitrogen and oxygen atoms in total. The van der Waals surface area contributed by atoms with Crippen LogP contribution in [0, 0.1) is 0 Å². The van der Waals surface area contributed by atoms with E-state index in [1.165, 1.54) is 12.1 Å². The van der Waals surface area contributed by atoms with Crippen molar-refractivity contribution in [1.82, 2.24) is 0 Å². The lowest BCUT2D eigenvalue weighted by molar-refractivity contribution is 0.632. The fraction of sp³-hybridized carbons (Fsp3) is 0. The van der Waals surface area contributed by atoms with Gasteiger partial charge in [-0.15, -0.1) is 0 Å². The zero-order valence-electron chi connectivity index (χ0n) is 48.8. The third-order valence-corrected chi connectivity index (χ3v) is 7.50. The van der Waals surface area contributed by atoms with Gasteiger partial charge in [0.2, 0.25) is 0 Å². The zero-order valence-corrected chi connectivity index (χ0v) is 23.8. The first kappa shape index (κ1) is 11.9. The van der Waals surface area contributed by atoms with Crippen LogP contribution in [-0.2, 0) is 0 Å². The predicted octanol–water partition coefficient (Wildman–Crippen LogP) is 13.1. The summed E-state index contributed by atoms with van der Waals surface area (Å²) in [7, 11) is 0. The predicted molar refractivity (Wildman–Crippen MR) is 198 cm³/mol. The van der Waals surface area contributed by atoms with Gasteiger partial charge in [-0.1, -0.05) is 169 Å². The van der Waals surface area contributed by atoms with Gasteiger partial charge in [-0.05, 0) is 67.0 Å². The molecule has 220 valence electrons. The Morgan fingerprint density at radius 1 is 0.340 bits per heavy atom. The van der Waals surface area contributed by atoms with E-state index < -0.39 is 218 Å². The molecule has 1 heterocycles. The van der Waals surface area contributed by atoms with Crippen LogP contribution in [-0.4, -0.2) is 0 Å². The van der Waals surface area contributed by atoms with Crippen LogP contribution < -0.4 is 0 Å². The highest BCUT2D eigenvalue weighted by Crippen LogP contribution is 2.50. The molecule has 0 aliphatic heterocycles. The van der Waals surface area contributed by atoms with E-state index in [9.17, 15) is 15.1 Å². The Kier molecular flexibility index (Phi) is 2.86. The molecule has 0 saturated heterocycles. The number of fused-ring (bicyclic) bond motifs is 3. The van der Waals surface area contributed by atoms with Gasteiger partial charge in [-0.25, -0.2) is 0 Å².